The molecule has 25 heavy (non-hydrogen) atoms. The van der Waals surface area contributed by atoms with E-state index in [0.29, 0.717) is 9.16 Å². The number of rotatable bonds is 2. The Bertz CT molecular complexity index is 845. The first-order valence-electron chi connectivity index (χ1n) is 7.62. The fraction of sp³-hybridized carbons (Fsp3) is 0.111. The van der Waals surface area contributed by atoms with Crippen LogP contribution < -0.4 is 0 Å². The van der Waals surface area contributed by atoms with Crippen molar-refractivity contribution in [1.29, 1.82) is 0 Å². The first-order valence-corrected chi connectivity index (χ1v) is 13.3. The van der Waals surface area contributed by atoms with Crippen LogP contribution in [-0.4, -0.2) is 4.98 Å². The van der Waals surface area contributed by atoms with Gasteiger partial charge in [0.2, 0.25) is 0 Å². The van der Waals surface area contributed by atoms with Crippen molar-refractivity contribution >= 4 is 92.2 Å². The predicted molar refractivity (Wildman–Crippen MR) is 128 cm³/mol. The SMILES string of the molecule is Ic1c(C2Sc3ccccc3S2)[nH]c(C2Sc3ccccc3S2)c1I. The zero-order chi connectivity index (χ0) is 17.0. The number of aromatic amines is 1. The number of hydrogen-bond donors (Lipinski definition) is 1. The highest BCUT2D eigenvalue weighted by molar-refractivity contribution is 14.1. The number of fused-ring (bicyclic) bond motifs is 2. The van der Waals surface area contributed by atoms with Gasteiger partial charge in [0.05, 0.1) is 11.4 Å². The quantitative estimate of drug-likeness (QED) is 0.291. The lowest BCUT2D eigenvalue weighted by Crippen LogP contribution is -1.90. The minimum absolute atomic E-state index is 0.422. The molecule has 0 bridgehead atoms. The summed E-state index contributed by atoms with van der Waals surface area (Å²) in [5.74, 6) is 0. The summed E-state index contributed by atoms with van der Waals surface area (Å²) in [6, 6.07) is 17.4. The topological polar surface area (TPSA) is 15.8 Å². The second-order valence-corrected chi connectivity index (χ2v) is 13.0. The summed E-state index contributed by atoms with van der Waals surface area (Å²) in [6.07, 6.45) is 0. The third-order valence-electron chi connectivity index (χ3n) is 4.04. The van der Waals surface area contributed by atoms with Crippen molar-refractivity contribution in [1.82, 2.24) is 4.98 Å². The molecule has 3 heterocycles. The van der Waals surface area contributed by atoms with E-state index < -0.39 is 0 Å². The van der Waals surface area contributed by atoms with Crippen LogP contribution in [0, 0.1) is 7.14 Å². The monoisotopic (exact) mass is 623 g/mol. The maximum absolute atomic E-state index is 3.80. The van der Waals surface area contributed by atoms with Crippen LogP contribution in [0.5, 0.6) is 0 Å². The molecule has 1 N–H and O–H groups in total. The number of hydrogen-bond acceptors (Lipinski definition) is 4. The van der Waals surface area contributed by atoms with E-state index in [-0.39, 0.29) is 0 Å². The van der Waals surface area contributed by atoms with E-state index in [9.17, 15) is 0 Å². The highest BCUT2D eigenvalue weighted by Crippen LogP contribution is 2.60. The molecule has 2 aliphatic heterocycles. The molecule has 0 fully saturated rings. The number of H-pyrrole nitrogens is 1. The average molecular weight is 623 g/mol. The van der Waals surface area contributed by atoms with Gasteiger partial charge in [-0.1, -0.05) is 24.3 Å². The minimum Gasteiger partial charge on any atom is -0.357 e. The molecule has 126 valence electrons. The van der Waals surface area contributed by atoms with Crippen LogP contribution >= 0.6 is 92.2 Å². The van der Waals surface area contributed by atoms with Gasteiger partial charge < -0.3 is 4.98 Å². The molecule has 0 unspecified atom stereocenters. The van der Waals surface area contributed by atoms with Crippen LogP contribution in [0.2, 0.25) is 0 Å². The van der Waals surface area contributed by atoms with Gasteiger partial charge in [0.1, 0.15) is 9.16 Å². The Morgan fingerprint density at radius 2 is 0.920 bits per heavy atom. The Kier molecular flexibility index (Phi) is 5.08. The molecule has 2 aliphatic rings. The second kappa shape index (κ2) is 7.20. The normalized spacial score (nSPS) is 17.0. The van der Waals surface area contributed by atoms with E-state index in [1.54, 1.807) is 0 Å². The minimum atomic E-state index is 0.422. The maximum atomic E-state index is 3.80. The Labute approximate surface area is 190 Å². The molecular formula is C18H11I2NS4. The smallest absolute Gasteiger partial charge is 0.101 e. The lowest BCUT2D eigenvalue weighted by atomic mass is 10.4. The highest BCUT2D eigenvalue weighted by atomic mass is 127. The molecule has 3 aromatic rings. The summed E-state index contributed by atoms with van der Waals surface area (Å²) in [5.41, 5.74) is 2.73. The molecule has 0 atom stereocenters. The maximum Gasteiger partial charge on any atom is 0.101 e. The summed E-state index contributed by atoms with van der Waals surface area (Å²) in [4.78, 5) is 9.40. The van der Waals surface area contributed by atoms with Gasteiger partial charge in [-0.05, 0) is 69.4 Å². The van der Waals surface area contributed by atoms with E-state index in [1.165, 1.54) is 38.1 Å². The van der Waals surface area contributed by atoms with Gasteiger partial charge in [-0.2, -0.15) is 0 Å². The van der Waals surface area contributed by atoms with Gasteiger partial charge in [0.15, 0.2) is 0 Å². The summed E-state index contributed by atoms with van der Waals surface area (Å²) in [5, 5.41) is 0. The molecule has 1 aromatic heterocycles. The highest BCUT2D eigenvalue weighted by Gasteiger charge is 2.33. The second-order valence-electron chi connectivity index (χ2n) is 5.61. The van der Waals surface area contributed by atoms with Crippen molar-refractivity contribution in [2.75, 3.05) is 0 Å². The van der Waals surface area contributed by atoms with Gasteiger partial charge in [0.25, 0.3) is 0 Å². The van der Waals surface area contributed by atoms with Crippen LogP contribution in [0.4, 0.5) is 0 Å². The molecule has 0 aliphatic carbocycles. The van der Waals surface area contributed by atoms with Crippen molar-refractivity contribution in [3.63, 3.8) is 0 Å². The van der Waals surface area contributed by atoms with Crippen molar-refractivity contribution in [2.24, 2.45) is 0 Å². The van der Waals surface area contributed by atoms with Gasteiger partial charge in [-0.15, -0.1) is 47.0 Å². The number of aromatic nitrogens is 1. The summed E-state index contributed by atoms with van der Waals surface area (Å²) < 4.78 is 3.60. The van der Waals surface area contributed by atoms with Gasteiger partial charge in [-0.3, -0.25) is 0 Å². The van der Waals surface area contributed by atoms with Crippen molar-refractivity contribution in [3.05, 3.63) is 67.1 Å². The number of thioether (sulfide) groups is 4. The molecule has 5 rings (SSSR count). The van der Waals surface area contributed by atoms with E-state index in [4.69, 9.17) is 0 Å². The number of benzene rings is 2. The van der Waals surface area contributed by atoms with Crippen LogP contribution in [0.1, 0.15) is 20.6 Å². The van der Waals surface area contributed by atoms with Crippen molar-refractivity contribution in [2.45, 2.75) is 28.7 Å². The zero-order valence-electron chi connectivity index (χ0n) is 12.7. The first kappa shape index (κ1) is 17.7. The van der Waals surface area contributed by atoms with Crippen LogP contribution in [0.15, 0.2) is 68.1 Å². The van der Waals surface area contributed by atoms with Crippen LogP contribution in [0.25, 0.3) is 0 Å². The molecule has 0 amide bonds. The molecular weight excluding hydrogens is 612 g/mol. The van der Waals surface area contributed by atoms with E-state index in [2.05, 4.69) is 98.7 Å². The Hall–Kier alpha value is 0.580. The van der Waals surface area contributed by atoms with E-state index >= 15 is 0 Å². The average Bonchev–Trinajstić information content (AvgIpc) is 3.31. The van der Waals surface area contributed by atoms with Crippen LogP contribution in [-0.2, 0) is 0 Å². The Balaban J connectivity index is 1.46. The summed E-state index contributed by atoms with van der Waals surface area (Å²) >= 11 is 12.9. The first-order chi connectivity index (χ1) is 12.2. The standard InChI is InChI=1S/C18H11I2NS4/c19-13-14(20)16(18-24-11-7-3-4-8-12(11)25-18)21-15(13)17-22-9-5-1-2-6-10(9)23-17/h1-8,17-18,21H. The predicted octanol–water partition coefficient (Wildman–Crippen LogP) is 8.02. The van der Waals surface area contributed by atoms with Gasteiger partial charge in [-0.25, -0.2) is 0 Å². The van der Waals surface area contributed by atoms with Gasteiger partial charge >= 0.3 is 0 Å². The number of halogens is 2. The Morgan fingerprint density at radius 1 is 0.600 bits per heavy atom. The molecule has 0 saturated carbocycles. The lowest BCUT2D eigenvalue weighted by Gasteiger charge is -2.08. The molecule has 7 heteroatoms. The Morgan fingerprint density at radius 3 is 1.24 bits per heavy atom. The van der Waals surface area contributed by atoms with E-state index in [0.717, 1.165) is 0 Å². The fourth-order valence-corrected chi connectivity index (χ4v) is 10.8. The van der Waals surface area contributed by atoms with Crippen LogP contribution in [0.3, 0.4) is 0 Å². The van der Waals surface area contributed by atoms with Gasteiger partial charge in [0, 0.05) is 26.7 Å². The van der Waals surface area contributed by atoms with Crippen molar-refractivity contribution < 1.29 is 0 Å². The third kappa shape index (κ3) is 3.20. The molecule has 0 spiro atoms. The number of nitrogens with one attached hydrogen (secondary N) is 1. The molecule has 0 radical (unpaired) electrons. The molecule has 1 nitrogen and oxygen atoms in total. The van der Waals surface area contributed by atoms with E-state index in [1.807, 2.05) is 47.0 Å². The molecule has 2 aromatic carbocycles. The zero-order valence-corrected chi connectivity index (χ0v) is 20.2. The van der Waals surface area contributed by atoms with Crippen molar-refractivity contribution in [3.8, 4) is 0 Å². The third-order valence-corrected chi connectivity index (χ3v) is 13.0. The summed E-state index contributed by atoms with van der Waals surface area (Å²) in [6.45, 7) is 0. The lowest BCUT2D eigenvalue weighted by molar-refractivity contribution is 1.13. The largest absolute Gasteiger partial charge is 0.357 e. The fourth-order valence-electron chi connectivity index (χ4n) is 2.85. The molecule has 0 saturated heterocycles. The summed E-state index contributed by atoms with van der Waals surface area (Å²) in [7, 11) is 0.